The number of hydrazone groups is 1. The van der Waals surface area contributed by atoms with Crippen LogP contribution in [0.25, 0.3) is 0 Å². The van der Waals surface area contributed by atoms with E-state index in [1.807, 2.05) is 0 Å². The molecule has 2 aromatic rings. The van der Waals surface area contributed by atoms with Gasteiger partial charge in [-0.15, -0.1) is 11.3 Å². The third-order valence-electron chi connectivity index (χ3n) is 3.77. The zero-order valence-corrected chi connectivity index (χ0v) is 13.2. The van der Waals surface area contributed by atoms with Crippen molar-refractivity contribution in [3.8, 4) is 0 Å². The average molecular weight is 299 g/mol. The molecule has 0 aliphatic carbocycles. The normalized spacial score (nSPS) is 17.2. The van der Waals surface area contributed by atoms with Gasteiger partial charge < -0.3 is 0 Å². The highest BCUT2D eigenvalue weighted by molar-refractivity contribution is 7.12. The molecule has 0 N–H and O–H groups in total. The van der Waals surface area contributed by atoms with E-state index in [4.69, 9.17) is 5.10 Å². The van der Waals surface area contributed by atoms with Crippen molar-refractivity contribution in [2.24, 2.45) is 5.10 Å². The molecule has 0 spiro atoms. The van der Waals surface area contributed by atoms with Crippen LogP contribution >= 0.6 is 11.3 Å². The Morgan fingerprint density at radius 1 is 1.05 bits per heavy atom. The number of hydrogen-bond donors (Lipinski definition) is 0. The second kappa shape index (κ2) is 6.87. The molecule has 21 heavy (non-hydrogen) atoms. The van der Waals surface area contributed by atoms with Crippen molar-refractivity contribution in [2.75, 3.05) is 26.2 Å². The van der Waals surface area contributed by atoms with Crippen LogP contribution in [0.3, 0.4) is 0 Å². The minimum absolute atomic E-state index is 1.01. The van der Waals surface area contributed by atoms with Gasteiger partial charge in [0.1, 0.15) is 0 Å². The van der Waals surface area contributed by atoms with Crippen molar-refractivity contribution >= 4 is 17.0 Å². The van der Waals surface area contributed by atoms with E-state index >= 15 is 0 Å². The van der Waals surface area contributed by atoms with E-state index in [0.29, 0.717) is 0 Å². The monoisotopic (exact) mass is 299 g/mol. The Kier molecular flexibility index (Phi) is 4.68. The highest BCUT2D eigenvalue weighted by Gasteiger charge is 2.16. The molecule has 3 nitrogen and oxygen atoms in total. The summed E-state index contributed by atoms with van der Waals surface area (Å²) in [5.41, 5.74) is 2.52. The molecule has 0 unspecified atom stereocenters. The van der Waals surface area contributed by atoms with Gasteiger partial charge in [0.2, 0.25) is 0 Å². The van der Waals surface area contributed by atoms with E-state index in [-0.39, 0.29) is 0 Å². The summed E-state index contributed by atoms with van der Waals surface area (Å²) < 4.78 is 0. The summed E-state index contributed by atoms with van der Waals surface area (Å²) in [6.07, 6.45) is 0. The molecule has 0 radical (unpaired) electrons. The first kappa shape index (κ1) is 14.3. The van der Waals surface area contributed by atoms with Gasteiger partial charge in [-0.05, 0) is 23.9 Å². The molecule has 4 heteroatoms. The lowest BCUT2D eigenvalue weighted by Gasteiger charge is -2.33. The molecule has 110 valence electrons. The summed E-state index contributed by atoms with van der Waals surface area (Å²) in [6.45, 7) is 7.32. The topological polar surface area (TPSA) is 18.8 Å². The Labute approximate surface area is 130 Å². The summed E-state index contributed by atoms with van der Waals surface area (Å²) >= 11 is 1.75. The van der Waals surface area contributed by atoms with Gasteiger partial charge in [-0.3, -0.25) is 9.91 Å². The van der Waals surface area contributed by atoms with Gasteiger partial charge in [0.05, 0.1) is 5.71 Å². The van der Waals surface area contributed by atoms with Crippen molar-refractivity contribution in [3.05, 3.63) is 58.3 Å². The van der Waals surface area contributed by atoms with E-state index in [1.54, 1.807) is 11.3 Å². The van der Waals surface area contributed by atoms with Crippen LogP contribution in [0, 0.1) is 0 Å². The predicted molar refractivity (Wildman–Crippen MR) is 89.8 cm³/mol. The average Bonchev–Trinajstić information content (AvgIpc) is 3.05. The molecule has 1 fully saturated rings. The van der Waals surface area contributed by atoms with Crippen LogP contribution < -0.4 is 0 Å². The smallest absolute Gasteiger partial charge is 0.0746 e. The van der Waals surface area contributed by atoms with Gasteiger partial charge in [-0.1, -0.05) is 36.4 Å². The Morgan fingerprint density at radius 3 is 2.48 bits per heavy atom. The van der Waals surface area contributed by atoms with Gasteiger partial charge in [-0.2, -0.15) is 5.10 Å². The van der Waals surface area contributed by atoms with Crippen LogP contribution in [0.15, 0.2) is 52.9 Å². The van der Waals surface area contributed by atoms with E-state index < -0.39 is 0 Å². The minimum atomic E-state index is 1.01. The fraction of sp³-hybridized carbons (Fsp3) is 0.353. The maximum atomic E-state index is 4.75. The number of piperazine rings is 1. The number of hydrogen-bond acceptors (Lipinski definition) is 4. The first-order chi connectivity index (χ1) is 10.3. The van der Waals surface area contributed by atoms with Crippen LogP contribution in [0.4, 0.5) is 0 Å². The summed E-state index contributed by atoms with van der Waals surface area (Å²) in [6, 6.07) is 14.9. The number of nitrogens with zero attached hydrogens (tertiary/aromatic N) is 3. The third-order valence-corrected chi connectivity index (χ3v) is 4.75. The quantitative estimate of drug-likeness (QED) is 0.807. The van der Waals surface area contributed by atoms with Crippen molar-refractivity contribution in [2.45, 2.75) is 13.5 Å². The molecule has 0 saturated carbocycles. The van der Waals surface area contributed by atoms with Crippen molar-refractivity contribution < 1.29 is 0 Å². The first-order valence-corrected chi connectivity index (χ1v) is 8.29. The lowest BCUT2D eigenvalue weighted by Crippen LogP contribution is -2.43. The van der Waals surface area contributed by atoms with E-state index in [9.17, 15) is 0 Å². The molecule has 0 amide bonds. The Bertz CT molecular complexity index is 569. The third kappa shape index (κ3) is 3.93. The fourth-order valence-electron chi connectivity index (χ4n) is 2.58. The molecule has 1 aromatic heterocycles. The second-order valence-corrected chi connectivity index (χ2v) is 6.33. The lowest BCUT2D eigenvalue weighted by molar-refractivity contribution is 0.130. The first-order valence-electron chi connectivity index (χ1n) is 7.41. The Hall–Kier alpha value is -1.65. The van der Waals surface area contributed by atoms with E-state index in [2.05, 4.69) is 64.7 Å². The summed E-state index contributed by atoms with van der Waals surface area (Å²) in [5.74, 6) is 0. The minimum Gasteiger partial charge on any atom is -0.295 e. The largest absolute Gasteiger partial charge is 0.295 e. The number of benzene rings is 1. The molecule has 3 rings (SSSR count). The number of thiophene rings is 1. The molecule has 0 atom stereocenters. The van der Waals surface area contributed by atoms with Gasteiger partial charge in [0.15, 0.2) is 0 Å². The molecular formula is C17H21N3S. The number of rotatable bonds is 4. The second-order valence-electron chi connectivity index (χ2n) is 5.38. The summed E-state index contributed by atoms with van der Waals surface area (Å²) in [7, 11) is 0. The maximum Gasteiger partial charge on any atom is 0.0746 e. The van der Waals surface area contributed by atoms with Gasteiger partial charge in [0.25, 0.3) is 0 Å². The Balaban J connectivity index is 1.52. The zero-order valence-electron chi connectivity index (χ0n) is 12.4. The van der Waals surface area contributed by atoms with E-state index in [1.165, 1.54) is 10.4 Å². The van der Waals surface area contributed by atoms with Crippen LogP contribution in [0.2, 0.25) is 0 Å². The van der Waals surface area contributed by atoms with Gasteiger partial charge in [0, 0.05) is 37.6 Å². The highest BCUT2D eigenvalue weighted by atomic mass is 32.1. The predicted octanol–water partition coefficient (Wildman–Crippen LogP) is 3.29. The van der Waals surface area contributed by atoms with Crippen LogP contribution in [-0.4, -0.2) is 41.8 Å². The van der Waals surface area contributed by atoms with Crippen molar-refractivity contribution in [1.29, 1.82) is 0 Å². The van der Waals surface area contributed by atoms with Crippen LogP contribution in [0.1, 0.15) is 17.4 Å². The standard InChI is InChI=1S/C17H21N3S/c1-15(17-8-5-13-21-17)18-20-11-9-19(10-12-20)14-16-6-3-2-4-7-16/h2-8,13H,9-12,14H2,1H3/b18-15+. The molecule has 1 aliphatic heterocycles. The molecule has 1 aliphatic rings. The molecule has 0 bridgehead atoms. The zero-order chi connectivity index (χ0) is 14.5. The molecular weight excluding hydrogens is 278 g/mol. The summed E-state index contributed by atoms with van der Waals surface area (Å²) in [5, 5.41) is 9.06. The SMILES string of the molecule is C/C(=N\N1CCN(Cc2ccccc2)CC1)c1cccs1. The molecule has 1 aromatic carbocycles. The molecule has 2 heterocycles. The highest BCUT2D eigenvalue weighted by Crippen LogP contribution is 2.12. The fourth-order valence-corrected chi connectivity index (χ4v) is 3.26. The lowest BCUT2D eigenvalue weighted by atomic mass is 10.2. The van der Waals surface area contributed by atoms with Crippen molar-refractivity contribution in [3.63, 3.8) is 0 Å². The maximum absolute atomic E-state index is 4.75. The molecule has 1 saturated heterocycles. The van der Waals surface area contributed by atoms with Gasteiger partial charge >= 0.3 is 0 Å². The summed E-state index contributed by atoms with van der Waals surface area (Å²) in [4.78, 5) is 3.77. The van der Waals surface area contributed by atoms with Crippen LogP contribution in [-0.2, 0) is 6.54 Å². The Morgan fingerprint density at radius 2 is 1.81 bits per heavy atom. The van der Waals surface area contributed by atoms with Gasteiger partial charge in [-0.25, -0.2) is 0 Å². The van der Waals surface area contributed by atoms with E-state index in [0.717, 1.165) is 38.4 Å². The van der Waals surface area contributed by atoms with Crippen LogP contribution in [0.5, 0.6) is 0 Å². The van der Waals surface area contributed by atoms with Crippen molar-refractivity contribution in [1.82, 2.24) is 9.91 Å².